The maximum absolute atomic E-state index is 5.98. The highest BCUT2D eigenvalue weighted by Crippen LogP contribution is 2.21. The number of hydrogen-bond acceptors (Lipinski definition) is 4. The van der Waals surface area contributed by atoms with E-state index in [2.05, 4.69) is 12.2 Å². The molecule has 1 heterocycles. The van der Waals surface area contributed by atoms with Crippen molar-refractivity contribution < 1.29 is 14.2 Å². The molecule has 1 aromatic rings. The van der Waals surface area contributed by atoms with E-state index in [4.69, 9.17) is 14.2 Å². The van der Waals surface area contributed by atoms with Gasteiger partial charge in [-0.05, 0) is 37.2 Å². The number of nitrogens with one attached hydrogen (secondary N) is 1. The summed E-state index contributed by atoms with van der Waals surface area (Å²) in [6.07, 6.45) is 1.07. The van der Waals surface area contributed by atoms with Crippen molar-refractivity contribution in [3.8, 4) is 11.5 Å². The van der Waals surface area contributed by atoms with Gasteiger partial charge in [-0.15, -0.1) is 0 Å². The first-order valence-corrected chi connectivity index (χ1v) is 6.45. The first-order valence-electron chi connectivity index (χ1n) is 6.45. The van der Waals surface area contributed by atoms with E-state index < -0.39 is 0 Å². The van der Waals surface area contributed by atoms with Crippen molar-refractivity contribution in [1.29, 1.82) is 0 Å². The molecular weight excluding hydrogens is 230 g/mol. The quantitative estimate of drug-likeness (QED) is 0.867. The van der Waals surface area contributed by atoms with Crippen LogP contribution in [-0.2, 0) is 4.74 Å². The van der Waals surface area contributed by atoms with Gasteiger partial charge in [0.15, 0.2) is 0 Å². The molecule has 0 aliphatic carbocycles. The maximum Gasteiger partial charge on any atom is 0.137 e. The number of methoxy groups -OCH3 is 1. The van der Waals surface area contributed by atoms with Gasteiger partial charge in [0, 0.05) is 12.6 Å². The third-order valence-electron chi connectivity index (χ3n) is 3.12. The molecule has 100 valence electrons. The lowest BCUT2D eigenvalue weighted by Gasteiger charge is -2.32. The lowest BCUT2D eigenvalue weighted by Crippen LogP contribution is -2.49. The topological polar surface area (TPSA) is 39.7 Å². The number of benzene rings is 1. The van der Waals surface area contributed by atoms with Gasteiger partial charge in [-0.2, -0.15) is 0 Å². The molecule has 4 nitrogen and oxygen atoms in total. The van der Waals surface area contributed by atoms with Crippen LogP contribution in [0.15, 0.2) is 24.3 Å². The maximum atomic E-state index is 5.98. The van der Waals surface area contributed by atoms with Gasteiger partial charge in [-0.3, -0.25) is 0 Å². The molecule has 2 rings (SSSR count). The lowest BCUT2D eigenvalue weighted by molar-refractivity contribution is -0.0143. The van der Waals surface area contributed by atoms with Crippen molar-refractivity contribution in [2.75, 3.05) is 26.9 Å². The molecule has 1 fully saturated rings. The molecule has 0 spiro atoms. The van der Waals surface area contributed by atoms with Crippen LogP contribution in [-0.4, -0.2) is 39.0 Å². The van der Waals surface area contributed by atoms with Crippen molar-refractivity contribution >= 4 is 0 Å². The summed E-state index contributed by atoms with van der Waals surface area (Å²) in [4.78, 5) is 0. The van der Waals surface area contributed by atoms with E-state index in [9.17, 15) is 0 Å². The highest BCUT2D eigenvalue weighted by Gasteiger charge is 2.26. The first-order chi connectivity index (χ1) is 8.83. The zero-order chi connectivity index (χ0) is 12.8. The predicted molar refractivity (Wildman–Crippen MR) is 70.3 cm³/mol. The van der Waals surface area contributed by atoms with Gasteiger partial charge < -0.3 is 19.5 Å². The van der Waals surface area contributed by atoms with Gasteiger partial charge in [0.05, 0.1) is 13.7 Å². The van der Waals surface area contributed by atoms with Crippen LogP contribution in [0.1, 0.15) is 13.3 Å². The van der Waals surface area contributed by atoms with Crippen LogP contribution in [0, 0.1) is 0 Å². The minimum atomic E-state index is 0.0760. The third kappa shape index (κ3) is 3.37. The summed E-state index contributed by atoms with van der Waals surface area (Å²) in [5.74, 6) is 1.69. The molecule has 0 saturated carbocycles. The van der Waals surface area contributed by atoms with Crippen LogP contribution in [0.4, 0.5) is 0 Å². The van der Waals surface area contributed by atoms with Crippen molar-refractivity contribution in [3.05, 3.63) is 24.3 Å². The van der Waals surface area contributed by atoms with Crippen LogP contribution >= 0.6 is 0 Å². The van der Waals surface area contributed by atoms with Crippen molar-refractivity contribution in [1.82, 2.24) is 5.32 Å². The zero-order valence-corrected chi connectivity index (χ0v) is 11.0. The monoisotopic (exact) mass is 251 g/mol. The van der Waals surface area contributed by atoms with E-state index in [1.165, 1.54) is 0 Å². The normalized spacial score (nSPS) is 23.7. The average Bonchev–Trinajstić information content (AvgIpc) is 2.42. The molecule has 0 amide bonds. The van der Waals surface area contributed by atoms with Crippen molar-refractivity contribution in [2.24, 2.45) is 0 Å². The zero-order valence-electron chi connectivity index (χ0n) is 11.0. The molecule has 0 aromatic heterocycles. The summed E-state index contributed by atoms with van der Waals surface area (Å²) >= 11 is 0. The Balaban J connectivity index is 1.96. The molecule has 1 aliphatic rings. The molecule has 0 radical (unpaired) electrons. The molecule has 2 unspecified atom stereocenters. The highest BCUT2D eigenvalue weighted by molar-refractivity contribution is 5.31. The standard InChI is InChI=1S/C14H21NO3/c1-3-15-13-8-9-17-10-14(13)18-12-6-4-11(16-2)5-7-12/h4-7,13-15H,3,8-10H2,1-2H3. The van der Waals surface area contributed by atoms with Crippen LogP contribution < -0.4 is 14.8 Å². The fourth-order valence-corrected chi connectivity index (χ4v) is 2.15. The van der Waals surface area contributed by atoms with E-state index >= 15 is 0 Å². The van der Waals surface area contributed by atoms with Gasteiger partial charge in [-0.25, -0.2) is 0 Å². The fourth-order valence-electron chi connectivity index (χ4n) is 2.15. The first kappa shape index (κ1) is 13.2. The second-order valence-electron chi connectivity index (χ2n) is 4.36. The van der Waals surface area contributed by atoms with Gasteiger partial charge in [0.1, 0.15) is 17.6 Å². The van der Waals surface area contributed by atoms with Gasteiger partial charge in [-0.1, -0.05) is 6.92 Å². The van der Waals surface area contributed by atoms with E-state index in [-0.39, 0.29) is 6.10 Å². The third-order valence-corrected chi connectivity index (χ3v) is 3.12. The summed E-state index contributed by atoms with van der Waals surface area (Å²) in [7, 11) is 1.66. The van der Waals surface area contributed by atoms with Gasteiger partial charge in [0.2, 0.25) is 0 Å². The minimum absolute atomic E-state index is 0.0760. The Morgan fingerprint density at radius 2 is 2.00 bits per heavy atom. The fraction of sp³-hybridized carbons (Fsp3) is 0.571. The smallest absolute Gasteiger partial charge is 0.137 e. The average molecular weight is 251 g/mol. The second kappa shape index (κ2) is 6.61. The van der Waals surface area contributed by atoms with Crippen LogP contribution in [0.2, 0.25) is 0 Å². The van der Waals surface area contributed by atoms with Crippen LogP contribution in [0.3, 0.4) is 0 Å². The minimum Gasteiger partial charge on any atom is -0.497 e. The van der Waals surface area contributed by atoms with E-state index in [0.717, 1.165) is 31.1 Å². The molecule has 1 aromatic carbocycles. The number of likely N-dealkylation sites (N-methyl/N-ethyl adjacent to an activating group) is 1. The molecule has 4 heteroatoms. The number of hydrogen-bond donors (Lipinski definition) is 1. The summed E-state index contributed by atoms with van der Waals surface area (Å²) in [6.45, 7) is 4.51. The predicted octanol–water partition coefficient (Wildman–Crippen LogP) is 1.84. The van der Waals surface area contributed by atoms with Gasteiger partial charge in [0.25, 0.3) is 0 Å². The number of ether oxygens (including phenoxy) is 3. The molecule has 0 bridgehead atoms. The molecule has 1 aliphatic heterocycles. The Kier molecular flexibility index (Phi) is 4.84. The Bertz CT molecular complexity index is 351. The lowest BCUT2D eigenvalue weighted by atomic mass is 10.1. The van der Waals surface area contributed by atoms with E-state index in [1.807, 2.05) is 24.3 Å². The Labute approximate surface area is 108 Å². The summed E-state index contributed by atoms with van der Waals surface area (Å²) < 4.78 is 16.6. The van der Waals surface area contributed by atoms with E-state index in [0.29, 0.717) is 12.6 Å². The molecule has 1 N–H and O–H groups in total. The molecule has 18 heavy (non-hydrogen) atoms. The van der Waals surface area contributed by atoms with Crippen LogP contribution in [0.25, 0.3) is 0 Å². The highest BCUT2D eigenvalue weighted by atomic mass is 16.5. The Morgan fingerprint density at radius 1 is 1.28 bits per heavy atom. The number of rotatable bonds is 5. The largest absolute Gasteiger partial charge is 0.497 e. The van der Waals surface area contributed by atoms with Crippen LogP contribution in [0.5, 0.6) is 11.5 Å². The Morgan fingerprint density at radius 3 is 2.67 bits per heavy atom. The molecule has 2 atom stereocenters. The second-order valence-corrected chi connectivity index (χ2v) is 4.36. The van der Waals surface area contributed by atoms with Gasteiger partial charge >= 0.3 is 0 Å². The summed E-state index contributed by atoms with van der Waals surface area (Å²) in [5, 5.41) is 3.45. The summed E-state index contributed by atoms with van der Waals surface area (Å²) in [5.41, 5.74) is 0. The SMILES string of the molecule is CCNC1CCOCC1Oc1ccc(OC)cc1. The van der Waals surface area contributed by atoms with Crippen molar-refractivity contribution in [2.45, 2.75) is 25.5 Å². The molecule has 1 saturated heterocycles. The molecular formula is C14H21NO3. The Hall–Kier alpha value is -1.26. The summed E-state index contributed by atoms with van der Waals surface area (Å²) in [6, 6.07) is 8.03. The van der Waals surface area contributed by atoms with Crippen molar-refractivity contribution in [3.63, 3.8) is 0 Å². The van der Waals surface area contributed by atoms with E-state index in [1.54, 1.807) is 7.11 Å².